The molecule has 3 aromatic rings. The van der Waals surface area contributed by atoms with Crippen LogP contribution in [0.2, 0.25) is 0 Å². The highest BCUT2D eigenvalue weighted by atomic mass is 32.2. The van der Waals surface area contributed by atoms with Gasteiger partial charge in [-0.3, -0.25) is 0 Å². The summed E-state index contributed by atoms with van der Waals surface area (Å²) in [4.78, 5) is 16.5. The van der Waals surface area contributed by atoms with Crippen molar-refractivity contribution in [2.24, 2.45) is 0 Å². The SMILES string of the molecule is CCc1ccc(-c2noc(COC(=O)c3cccc(CS(C)(=O)=O)c3)n2)cc1. The molecule has 28 heavy (non-hydrogen) atoms. The van der Waals surface area contributed by atoms with Crippen LogP contribution in [-0.2, 0) is 33.4 Å². The van der Waals surface area contributed by atoms with Gasteiger partial charge in [0.2, 0.25) is 5.82 Å². The van der Waals surface area contributed by atoms with Crippen molar-refractivity contribution in [3.8, 4) is 11.4 Å². The van der Waals surface area contributed by atoms with E-state index in [-0.39, 0.29) is 23.8 Å². The third-order valence-corrected chi connectivity index (χ3v) is 4.86. The number of rotatable bonds is 7. The summed E-state index contributed by atoms with van der Waals surface area (Å²) >= 11 is 0. The fourth-order valence-electron chi connectivity index (χ4n) is 2.62. The van der Waals surface area contributed by atoms with Gasteiger partial charge in [0, 0.05) is 11.8 Å². The lowest BCUT2D eigenvalue weighted by molar-refractivity contribution is 0.0429. The lowest BCUT2D eigenvalue weighted by atomic mass is 10.1. The van der Waals surface area contributed by atoms with E-state index in [2.05, 4.69) is 17.1 Å². The molecule has 0 amide bonds. The van der Waals surface area contributed by atoms with Crippen LogP contribution in [-0.4, -0.2) is 30.8 Å². The Bertz CT molecular complexity index is 1070. The maximum absolute atomic E-state index is 12.2. The van der Waals surface area contributed by atoms with Gasteiger partial charge in [-0.1, -0.05) is 48.5 Å². The predicted octanol–water partition coefficient (Wildman–Crippen LogP) is 3.20. The van der Waals surface area contributed by atoms with E-state index in [1.165, 1.54) is 11.6 Å². The molecule has 0 spiro atoms. The average Bonchev–Trinajstić information content (AvgIpc) is 3.14. The van der Waals surface area contributed by atoms with Gasteiger partial charge in [-0.25, -0.2) is 13.2 Å². The van der Waals surface area contributed by atoms with Crippen molar-refractivity contribution < 1.29 is 22.5 Å². The van der Waals surface area contributed by atoms with Crippen LogP contribution in [0.3, 0.4) is 0 Å². The van der Waals surface area contributed by atoms with Crippen molar-refractivity contribution in [2.45, 2.75) is 25.7 Å². The van der Waals surface area contributed by atoms with Gasteiger partial charge < -0.3 is 9.26 Å². The quantitative estimate of drug-likeness (QED) is 0.562. The summed E-state index contributed by atoms with van der Waals surface area (Å²) in [6, 6.07) is 14.1. The largest absolute Gasteiger partial charge is 0.452 e. The number of aryl methyl sites for hydroxylation is 1. The molecule has 1 aromatic heterocycles. The lowest BCUT2D eigenvalue weighted by Gasteiger charge is -2.04. The van der Waals surface area contributed by atoms with Gasteiger partial charge in [0.05, 0.1) is 11.3 Å². The van der Waals surface area contributed by atoms with Gasteiger partial charge >= 0.3 is 5.97 Å². The van der Waals surface area contributed by atoms with Gasteiger partial charge in [0.25, 0.3) is 5.89 Å². The fourth-order valence-corrected chi connectivity index (χ4v) is 3.41. The summed E-state index contributed by atoms with van der Waals surface area (Å²) in [5.74, 6) is -0.140. The standard InChI is InChI=1S/C20H20N2O5S/c1-3-14-7-9-16(10-8-14)19-21-18(27-22-19)12-26-20(23)17-6-4-5-15(11-17)13-28(2,24)25/h4-11H,3,12-13H2,1-2H3. The van der Waals surface area contributed by atoms with Crippen LogP contribution in [0.15, 0.2) is 53.1 Å². The molecule has 0 saturated heterocycles. The number of esters is 1. The van der Waals surface area contributed by atoms with Crippen LogP contribution in [0.4, 0.5) is 0 Å². The van der Waals surface area contributed by atoms with E-state index in [4.69, 9.17) is 9.26 Å². The first-order valence-corrected chi connectivity index (χ1v) is 10.8. The summed E-state index contributed by atoms with van der Waals surface area (Å²) < 4.78 is 33.1. The highest BCUT2D eigenvalue weighted by Gasteiger charge is 2.14. The molecule has 0 aliphatic rings. The fraction of sp³-hybridized carbons (Fsp3) is 0.250. The number of hydrogen-bond donors (Lipinski definition) is 0. The summed E-state index contributed by atoms with van der Waals surface area (Å²) in [6.07, 6.45) is 2.08. The maximum Gasteiger partial charge on any atom is 0.338 e. The Hall–Kier alpha value is -3.00. The van der Waals surface area contributed by atoms with Crippen LogP contribution in [0.5, 0.6) is 0 Å². The highest BCUT2D eigenvalue weighted by molar-refractivity contribution is 7.89. The Morgan fingerprint density at radius 3 is 2.54 bits per heavy atom. The zero-order chi connectivity index (χ0) is 20.1. The molecule has 0 radical (unpaired) electrons. The third kappa shape index (κ3) is 5.26. The van der Waals surface area contributed by atoms with Gasteiger partial charge in [-0.2, -0.15) is 4.98 Å². The molecule has 0 bridgehead atoms. The second kappa shape index (κ2) is 8.35. The van der Waals surface area contributed by atoms with Gasteiger partial charge in [-0.15, -0.1) is 0 Å². The minimum Gasteiger partial charge on any atom is -0.452 e. The molecule has 0 atom stereocenters. The molecule has 0 unspecified atom stereocenters. The number of hydrogen-bond acceptors (Lipinski definition) is 7. The van der Waals surface area contributed by atoms with E-state index in [9.17, 15) is 13.2 Å². The number of carbonyl (C=O) groups is 1. The van der Waals surface area contributed by atoms with Crippen molar-refractivity contribution >= 4 is 15.8 Å². The van der Waals surface area contributed by atoms with E-state index in [0.29, 0.717) is 11.4 Å². The Balaban J connectivity index is 1.63. The predicted molar refractivity (Wildman–Crippen MR) is 103 cm³/mol. The van der Waals surface area contributed by atoms with Crippen LogP contribution >= 0.6 is 0 Å². The molecule has 0 saturated carbocycles. The second-order valence-corrected chi connectivity index (χ2v) is 8.55. The Morgan fingerprint density at radius 1 is 1.11 bits per heavy atom. The van der Waals surface area contributed by atoms with Crippen molar-refractivity contribution in [3.05, 3.63) is 71.1 Å². The van der Waals surface area contributed by atoms with E-state index < -0.39 is 15.8 Å². The molecule has 3 rings (SSSR count). The van der Waals surface area contributed by atoms with Gasteiger partial charge in [-0.05, 0) is 29.7 Å². The second-order valence-electron chi connectivity index (χ2n) is 6.41. The summed E-state index contributed by atoms with van der Waals surface area (Å²) in [7, 11) is -3.19. The molecule has 0 fully saturated rings. The van der Waals surface area contributed by atoms with E-state index in [1.807, 2.05) is 24.3 Å². The highest BCUT2D eigenvalue weighted by Crippen LogP contribution is 2.17. The average molecular weight is 400 g/mol. The van der Waals surface area contributed by atoms with Crippen molar-refractivity contribution in [2.75, 3.05) is 6.26 Å². The smallest absolute Gasteiger partial charge is 0.338 e. The Labute approximate surface area is 163 Å². The molecule has 0 N–H and O–H groups in total. The normalized spacial score (nSPS) is 11.4. The zero-order valence-corrected chi connectivity index (χ0v) is 16.4. The van der Waals surface area contributed by atoms with E-state index >= 15 is 0 Å². The molecule has 8 heteroatoms. The Kier molecular flexibility index (Phi) is 5.89. The number of ether oxygens (including phenoxy) is 1. The van der Waals surface area contributed by atoms with Crippen molar-refractivity contribution in [1.29, 1.82) is 0 Å². The van der Waals surface area contributed by atoms with Crippen LogP contribution in [0.1, 0.15) is 34.3 Å². The monoisotopic (exact) mass is 400 g/mol. The third-order valence-electron chi connectivity index (χ3n) is 4.01. The van der Waals surface area contributed by atoms with Gasteiger partial charge in [0.15, 0.2) is 16.4 Å². The zero-order valence-electron chi connectivity index (χ0n) is 15.6. The lowest BCUT2D eigenvalue weighted by Crippen LogP contribution is -2.07. The molecular weight excluding hydrogens is 380 g/mol. The number of nitrogens with zero attached hydrogens (tertiary/aromatic N) is 2. The van der Waals surface area contributed by atoms with E-state index in [1.54, 1.807) is 18.2 Å². The molecule has 0 aliphatic heterocycles. The summed E-state index contributed by atoms with van der Waals surface area (Å²) in [5, 5.41) is 3.90. The first kappa shape index (κ1) is 19.8. The topological polar surface area (TPSA) is 99.4 Å². The van der Waals surface area contributed by atoms with Crippen LogP contribution in [0.25, 0.3) is 11.4 Å². The number of carbonyl (C=O) groups excluding carboxylic acids is 1. The van der Waals surface area contributed by atoms with Crippen LogP contribution < -0.4 is 0 Å². The number of aromatic nitrogens is 2. The number of sulfone groups is 1. The van der Waals surface area contributed by atoms with Crippen molar-refractivity contribution in [1.82, 2.24) is 10.1 Å². The van der Waals surface area contributed by atoms with Crippen LogP contribution in [0, 0.1) is 0 Å². The summed E-state index contributed by atoms with van der Waals surface area (Å²) in [5.41, 5.74) is 2.80. The molecule has 1 heterocycles. The van der Waals surface area contributed by atoms with Crippen molar-refractivity contribution in [3.63, 3.8) is 0 Å². The minimum atomic E-state index is -3.19. The molecule has 7 nitrogen and oxygen atoms in total. The van der Waals surface area contributed by atoms with E-state index in [0.717, 1.165) is 18.2 Å². The van der Waals surface area contributed by atoms with Gasteiger partial charge in [0.1, 0.15) is 0 Å². The Morgan fingerprint density at radius 2 is 1.86 bits per heavy atom. The molecule has 0 aliphatic carbocycles. The number of benzene rings is 2. The minimum absolute atomic E-state index is 0.141. The first-order chi connectivity index (χ1) is 13.3. The molecular formula is C20H20N2O5S. The molecule has 146 valence electrons. The first-order valence-electron chi connectivity index (χ1n) is 8.70. The molecule has 2 aromatic carbocycles. The summed E-state index contributed by atoms with van der Waals surface area (Å²) in [6.45, 7) is 1.90. The maximum atomic E-state index is 12.2.